The summed E-state index contributed by atoms with van der Waals surface area (Å²) in [5.74, 6) is -1.90. The van der Waals surface area contributed by atoms with Gasteiger partial charge in [0.2, 0.25) is 5.82 Å². The van der Waals surface area contributed by atoms with Gasteiger partial charge in [-0.25, -0.2) is 4.79 Å². The Morgan fingerprint density at radius 3 is 2.48 bits per heavy atom. The van der Waals surface area contributed by atoms with Crippen LogP contribution in [0.3, 0.4) is 0 Å². The largest absolute Gasteiger partial charge is 0.478 e. The first-order valence-electron chi connectivity index (χ1n) is 5.97. The van der Waals surface area contributed by atoms with Crippen molar-refractivity contribution in [3.05, 3.63) is 69.5 Å². The number of nitrogens with zero attached hydrogens (tertiary/aromatic N) is 1. The van der Waals surface area contributed by atoms with Crippen molar-refractivity contribution < 1.29 is 19.2 Å². The van der Waals surface area contributed by atoms with Crippen LogP contribution in [0.2, 0.25) is 0 Å². The van der Waals surface area contributed by atoms with Crippen molar-refractivity contribution in [2.24, 2.45) is 0 Å². The zero-order chi connectivity index (χ0) is 15.4. The molecule has 0 unspecified atom stereocenters. The van der Waals surface area contributed by atoms with E-state index in [1.165, 1.54) is 18.2 Å². The molecule has 0 fully saturated rings. The van der Waals surface area contributed by atoms with Gasteiger partial charge in [-0.05, 0) is 29.8 Å². The average Bonchev–Trinajstić information content (AvgIpc) is 2.46. The molecule has 0 aliphatic heterocycles. The van der Waals surface area contributed by atoms with Gasteiger partial charge in [0.05, 0.1) is 10.5 Å². The van der Waals surface area contributed by atoms with E-state index in [1.54, 1.807) is 12.1 Å². The predicted molar refractivity (Wildman–Crippen MR) is 73.8 cm³/mol. The van der Waals surface area contributed by atoms with Crippen LogP contribution in [0, 0.1) is 15.9 Å². The summed E-state index contributed by atoms with van der Waals surface area (Å²) in [5.41, 5.74) is 0.787. The van der Waals surface area contributed by atoms with Crippen LogP contribution in [-0.2, 0) is 6.54 Å². The summed E-state index contributed by atoms with van der Waals surface area (Å²) in [6.07, 6.45) is 0. The highest BCUT2D eigenvalue weighted by molar-refractivity contribution is 5.87. The molecule has 0 saturated carbocycles. The summed E-state index contributed by atoms with van der Waals surface area (Å²) in [7, 11) is 0. The Bertz CT molecular complexity index is 686. The van der Waals surface area contributed by atoms with Crippen LogP contribution >= 0.6 is 0 Å². The number of carbonyl (C=O) groups is 1. The molecule has 0 aliphatic rings. The van der Waals surface area contributed by atoms with Crippen molar-refractivity contribution in [3.8, 4) is 0 Å². The van der Waals surface area contributed by atoms with Gasteiger partial charge in [0.1, 0.15) is 0 Å². The summed E-state index contributed by atoms with van der Waals surface area (Å²) in [4.78, 5) is 20.6. The number of nitrogens with one attached hydrogen (secondary N) is 1. The molecular formula is C14H11FN2O4. The molecular weight excluding hydrogens is 279 g/mol. The van der Waals surface area contributed by atoms with Crippen molar-refractivity contribution >= 4 is 17.3 Å². The fraction of sp³-hybridized carbons (Fsp3) is 0.0714. The zero-order valence-corrected chi connectivity index (χ0v) is 10.7. The van der Waals surface area contributed by atoms with Crippen molar-refractivity contribution in [3.63, 3.8) is 0 Å². The molecule has 0 heterocycles. The molecule has 2 aromatic rings. The Balaban J connectivity index is 2.07. The van der Waals surface area contributed by atoms with Crippen LogP contribution in [0.4, 0.5) is 15.8 Å². The molecule has 0 atom stereocenters. The Morgan fingerprint density at radius 2 is 1.90 bits per heavy atom. The first-order valence-corrected chi connectivity index (χ1v) is 5.97. The maximum Gasteiger partial charge on any atom is 0.335 e. The van der Waals surface area contributed by atoms with E-state index in [1.807, 2.05) is 0 Å². The first-order chi connectivity index (χ1) is 9.97. The molecule has 0 amide bonds. The van der Waals surface area contributed by atoms with Gasteiger partial charge >= 0.3 is 11.7 Å². The minimum atomic E-state index is -1.01. The van der Waals surface area contributed by atoms with Gasteiger partial charge in [0.25, 0.3) is 0 Å². The number of benzene rings is 2. The number of rotatable bonds is 5. The lowest BCUT2D eigenvalue weighted by molar-refractivity contribution is -0.387. The molecule has 0 spiro atoms. The fourth-order valence-electron chi connectivity index (χ4n) is 1.73. The lowest BCUT2D eigenvalue weighted by Crippen LogP contribution is -2.02. The maximum atomic E-state index is 13.2. The maximum absolute atomic E-state index is 13.2. The SMILES string of the molecule is O=C(O)c1ccc(CNc2ccc(F)c([N+](=O)[O-])c2)cc1. The summed E-state index contributed by atoms with van der Waals surface area (Å²) in [5, 5.41) is 22.3. The molecule has 0 radical (unpaired) electrons. The monoisotopic (exact) mass is 290 g/mol. The van der Waals surface area contributed by atoms with Crippen molar-refractivity contribution in [1.29, 1.82) is 0 Å². The predicted octanol–water partition coefficient (Wildman–Crippen LogP) is 3.04. The van der Waals surface area contributed by atoms with Crippen LogP contribution in [0.25, 0.3) is 0 Å². The molecule has 2 rings (SSSR count). The van der Waals surface area contributed by atoms with Crippen molar-refractivity contribution in [1.82, 2.24) is 0 Å². The second-order valence-electron chi connectivity index (χ2n) is 4.28. The Labute approximate surface area is 119 Å². The Morgan fingerprint density at radius 1 is 1.24 bits per heavy atom. The topological polar surface area (TPSA) is 92.5 Å². The van der Waals surface area contributed by atoms with E-state index in [9.17, 15) is 19.3 Å². The van der Waals surface area contributed by atoms with E-state index < -0.39 is 22.4 Å². The van der Waals surface area contributed by atoms with Gasteiger partial charge in [-0.3, -0.25) is 10.1 Å². The second-order valence-corrected chi connectivity index (χ2v) is 4.28. The van der Waals surface area contributed by atoms with Gasteiger partial charge in [-0.15, -0.1) is 0 Å². The van der Waals surface area contributed by atoms with Crippen LogP contribution in [0.15, 0.2) is 42.5 Å². The number of hydrogen-bond donors (Lipinski definition) is 2. The molecule has 0 aromatic heterocycles. The van der Waals surface area contributed by atoms with Crippen LogP contribution in [0.1, 0.15) is 15.9 Å². The molecule has 6 nitrogen and oxygen atoms in total. The van der Waals surface area contributed by atoms with E-state index in [0.717, 1.165) is 17.7 Å². The third-order valence-corrected chi connectivity index (χ3v) is 2.84. The number of carboxylic acid groups (broad SMARTS) is 1. The number of nitro benzene ring substituents is 1. The minimum Gasteiger partial charge on any atom is -0.478 e. The normalized spacial score (nSPS) is 10.1. The Hall–Kier alpha value is -2.96. The molecule has 0 saturated heterocycles. The van der Waals surface area contributed by atoms with E-state index in [4.69, 9.17) is 5.11 Å². The van der Waals surface area contributed by atoms with Gasteiger partial charge in [-0.1, -0.05) is 12.1 Å². The lowest BCUT2D eigenvalue weighted by atomic mass is 10.1. The molecule has 0 aliphatic carbocycles. The highest BCUT2D eigenvalue weighted by Gasteiger charge is 2.14. The van der Waals surface area contributed by atoms with Crippen molar-refractivity contribution in [2.75, 3.05) is 5.32 Å². The zero-order valence-electron chi connectivity index (χ0n) is 10.7. The van der Waals surface area contributed by atoms with Crippen LogP contribution < -0.4 is 5.32 Å². The van der Waals surface area contributed by atoms with E-state index >= 15 is 0 Å². The standard InChI is InChI=1S/C14H11FN2O4/c15-12-6-5-11(7-13(12)17(20)21)16-8-9-1-3-10(4-2-9)14(18)19/h1-7,16H,8H2,(H,18,19). The first kappa shape index (κ1) is 14.4. The highest BCUT2D eigenvalue weighted by Crippen LogP contribution is 2.22. The summed E-state index contributed by atoms with van der Waals surface area (Å²) in [6.45, 7) is 0.336. The number of carboxylic acids is 1. The minimum absolute atomic E-state index is 0.177. The van der Waals surface area contributed by atoms with Crippen LogP contribution in [0.5, 0.6) is 0 Å². The Kier molecular flexibility index (Phi) is 4.13. The van der Waals surface area contributed by atoms with Gasteiger partial charge in [-0.2, -0.15) is 4.39 Å². The number of hydrogen-bond acceptors (Lipinski definition) is 4. The molecule has 108 valence electrons. The van der Waals surface area contributed by atoms with Crippen molar-refractivity contribution in [2.45, 2.75) is 6.54 Å². The molecule has 0 bridgehead atoms. The van der Waals surface area contributed by atoms with E-state index in [2.05, 4.69) is 5.32 Å². The molecule has 7 heteroatoms. The quantitative estimate of drug-likeness (QED) is 0.652. The third kappa shape index (κ3) is 3.53. The molecule has 2 N–H and O–H groups in total. The fourth-order valence-corrected chi connectivity index (χ4v) is 1.73. The summed E-state index contributed by atoms with van der Waals surface area (Å²) in [6, 6.07) is 9.73. The third-order valence-electron chi connectivity index (χ3n) is 2.84. The average molecular weight is 290 g/mol. The summed E-state index contributed by atoms with van der Waals surface area (Å²) < 4.78 is 13.2. The number of halogens is 1. The second kappa shape index (κ2) is 6.00. The molecule has 21 heavy (non-hydrogen) atoms. The number of aromatic carboxylic acids is 1. The number of anilines is 1. The van der Waals surface area contributed by atoms with E-state index in [0.29, 0.717) is 12.2 Å². The lowest BCUT2D eigenvalue weighted by Gasteiger charge is -2.07. The van der Waals surface area contributed by atoms with Gasteiger partial charge in [0.15, 0.2) is 0 Å². The molecule has 2 aromatic carbocycles. The van der Waals surface area contributed by atoms with Gasteiger partial charge < -0.3 is 10.4 Å². The van der Waals surface area contributed by atoms with Crippen LogP contribution in [-0.4, -0.2) is 16.0 Å². The van der Waals surface area contributed by atoms with E-state index in [-0.39, 0.29) is 5.56 Å². The van der Waals surface area contributed by atoms with Gasteiger partial charge in [0, 0.05) is 18.3 Å². The number of nitro groups is 1. The highest BCUT2D eigenvalue weighted by atomic mass is 19.1. The summed E-state index contributed by atoms with van der Waals surface area (Å²) >= 11 is 0. The smallest absolute Gasteiger partial charge is 0.335 e.